The van der Waals surface area contributed by atoms with Gasteiger partial charge in [0.2, 0.25) is 21.8 Å². The van der Waals surface area contributed by atoms with Crippen molar-refractivity contribution >= 4 is 27.5 Å². The van der Waals surface area contributed by atoms with E-state index >= 15 is 0 Å². The summed E-state index contributed by atoms with van der Waals surface area (Å²) in [7, 11) is -3.84. The van der Waals surface area contributed by atoms with Gasteiger partial charge in [0.05, 0.1) is 11.9 Å². The smallest absolute Gasteiger partial charge is 0.242 e. The Morgan fingerprint density at radius 3 is 2.25 bits per heavy atom. The summed E-state index contributed by atoms with van der Waals surface area (Å²) in [4.78, 5) is 27.2. The van der Waals surface area contributed by atoms with Crippen molar-refractivity contribution in [3.05, 3.63) is 65.5 Å². The zero-order valence-corrected chi connectivity index (χ0v) is 21.5. The Bertz CT molecular complexity index is 1140. The molecule has 0 fully saturated rings. The van der Waals surface area contributed by atoms with E-state index in [1.165, 1.54) is 29.2 Å². The van der Waals surface area contributed by atoms with Gasteiger partial charge in [-0.15, -0.1) is 0 Å². The monoisotopic (exact) mass is 527 g/mol. The van der Waals surface area contributed by atoms with Crippen molar-refractivity contribution in [2.24, 2.45) is 0 Å². The second kappa shape index (κ2) is 13.3. The first kappa shape index (κ1) is 29.2. The lowest BCUT2D eigenvalue weighted by molar-refractivity contribution is -0.140. The summed E-state index contributed by atoms with van der Waals surface area (Å²) >= 11 is 0. The fraction of sp³-hybridized carbons (Fsp3) is 0.440. The summed E-state index contributed by atoms with van der Waals surface area (Å²) in [5, 5.41) is 2.79. The Kier molecular flexibility index (Phi) is 10.8. The number of rotatable bonds is 13. The van der Waals surface area contributed by atoms with Crippen molar-refractivity contribution in [3.63, 3.8) is 0 Å². The molecule has 0 aliphatic carbocycles. The van der Waals surface area contributed by atoms with Crippen LogP contribution in [0.2, 0.25) is 0 Å². The number of unbranched alkanes of at least 4 members (excludes halogenated alkanes) is 1. The van der Waals surface area contributed by atoms with E-state index in [0.29, 0.717) is 12.1 Å². The Labute approximate surface area is 210 Å². The predicted octanol–water partition coefficient (Wildman–Crippen LogP) is 3.98. The highest BCUT2D eigenvalue weighted by molar-refractivity contribution is 7.92. The van der Waals surface area contributed by atoms with Crippen LogP contribution in [-0.2, 0) is 26.2 Å². The molecule has 2 aromatic carbocycles. The predicted molar refractivity (Wildman–Crippen MR) is 132 cm³/mol. The van der Waals surface area contributed by atoms with Crippen LogP contribution >= 0.6 is 0 Å². The van der Waals surface area contributed by atoms with Gasteiger partial charge < -0.3 is 10.2 Å². The number of nitrogens with one attached hydrogen (secondary N) is 1. The van der Waals surface area contributed by atoms with Gasteiger partial charge in [-0.25, -0.2) is 21.6 Å². The first-order valence-electron chi connectivity index (χ1n) is 11.7. The second-order valence-electron chi connectivity index (χ2n) is 8.51. The average Bonchev–Trinajstić information content (AvgIpc) is 2.82. The maximum Gasteiger partial charge on any atom is 0.242 e. The molecule has 7 nitrogen and oxygen atoms in total. The van der Waals surface area contributed by atoms with Crippen LogP contribution in [0, 0.1) is 17.5 Å². The maximum atomic E-state index is 13.7. The van der Waals surface area contributed by atoms with E-state index in [0.717, 1.165) is 41.6 Å². The Balaban J connectivity index is 2.15. The fourth-order valence-corrected chi connectivity index (χ4v) is 4.51. The van der Waals surface area contributed by atoms with Crippen molar-refractivity contribution in [2.45, 2.75) is 52.1 Å². The van der Waals surface area contributed by atoms with Gasteiger partial charge in [0.25, 0.3) is 0 Å². The second-order valence-corrected chi connectivity index (χ2v) is 10.4. The quantitative estimate of drug-likeness (QED) is 0.399. The number of hydrogen-bond acceptors (Lipinski definition) is 4. The van der Waals surface area contributed by atoms with E-state index in [9.17, 15) is 31.2 Å². The summed E-state index contributed by atoms with van der Waals surface area (Å²) in [6.07, 6.45) is 2.56. The molecule has 0 aliphatic heterocycles. The van der Waals surface area contributed by atoms with Crippen molar-refractivity contribution in [3.8, 4) is 0 Å². The number of sulfonamides is 1. The molecule has 0 bridgehead atoms. The molecule has 0 radical (unpaired) electrons. The summed E-state index contributed by atoms with van der Waals surface area (Å²) < 4.78 is 65.7. The Hall–Kier alpha value is -3.08. The van der Waals surface area contributed by atoms with E-state index in [1.54, 1.807) is 6.92 Å². The van der Waals surface area contributed by atoms with Crippen LogP contribution in [0.5, 0.6) is 0 Å². The van der Waals surface area contributed by atoms with E-state index < -0.39 is 39.4 Å². The molecule has 2 aromatic rings. The minimum atomic E-state index is -3.84. The number of benzene rings is 2. The molecule has 0 heterocycles. The highest BCUT2D eigenvalue weighted by Gasteiger charge is 2.26. The molecular weight excluding hydrogens is 495 g/mol. The van der Waals surface area contributed by atoms with Crippen LogP contribution in [0.15, 0.2) is 42.5 Å². The maximum absolute atomic E-state index is 13.7. The van der Waals surface area contributed by atoms with Crippen LogP contribution in [0.25, 0.3) is 0 Å². The zero-order valence-electron chi connectivity index (χ0n) is 20.6. The van der Waals surface area contributed by atoms with Gasteiger partial charge in [-0.1, -0.05) is 25.5 Å². The normalized spacial score (nSPS) is 12.2. The number of halogens is 3. The van der Waals surface area contributed by atoms with Gasteiger partial charge in [0.1, 0.15) is 11.9 Å². The highest BCUT2D eigenvalue weighted by atomic mass is 32.2. The van der Waals surface area contributed by atoms with Crippen LogP contribution in [0.1, 0.15) is 45.1 Å². The summed E-state index contributed by atoms with van der Waals surface area (Å²) in [5.41, 5.74) is 0.563. The number of carbonyl (C=O) groups excluding carboxylic acids is 2. The lowest BCUT2D eigenvalue weighted by Crippen LogP contribution is -2.48. The lowest BCUT2D eigenvalue weighted by Gasteiger charge is -2.29. The molecule has 198 valence electrons. The van der Waals surface area contributed by atoms with E-state index in [1.807, 2.05) is 6.92 Å². The number of anilines is 1. The first-order valence-corrected chi connectivity index (χ1v) is 13.5. The average molecular weight is 528 g/mol. The SMILES string of the molecule is CCCCNC(=O)[C@H](C)N(Cc1ccc(F)cc1)C(=O)CCCN(c1ccc(F)c(F)c1)S(C)(=O)=O. The number of amides is 2. The molecule has 0 aliphatic rings. The third kappa shape index (κ3) is 8.54. The molecule has 2 rings (SSSR count). The molecule has 0 saturated heterocycles. The van der Waals surface area contributed by atoms with Gasteiger partial charge in [0, 0.05) is 32.1 Å². The topological polar surface area (TPSA) is 86.8 Å². The molecule has 0 spiro atoms. The minimum Gasteiger partial charge on any atom is -0.354 e. The number of carbonyl (C=O) groups is 2. The zero-order chi connectivity index (χ0) is 26.9. The van der Waals surface area contributed by atoms with Crippen molar-refractivity contribution in [1.29, 1.82) is 0 Å². The number of hydrogen-bond donors (Lipinski definition) is 1. The van der Waals surface area contributed by atoms with Crippen LogP contribution < -0.4 is 9.62 Å². The van der Waals surface area contributed by atoms with Gasteiger partial charge in [0.15, 0.2) is 11.6 Å². The molecule has 0 aromatic heterocycles. The molecule has 36 heavy (non-hydrogen) atoms. The summed E-state index contributed by atoms with van der Waals surface area (Å²) in [6, 6.07) is 7.49. The Morgan fingerprint density at radius 1 is 1.00 bits per heavy atom. The van der Waals surface area contributed by atoms with Gasteiger partial charge in [-0.3, -0.25) is 13.9 Å². The summed E-state index contributed by atoms with van der Waals surface area (Å²) in [6.45, 7) is 3.94. The van der Waals surface area contributed by atoms with Crippen molar-refractivity contribution in [1.82, 2.24) is 10.2 Å². The fourth-order valence-electron chi connectivity index (χ4n) is 3.55. The van der Waals surface area contributed by atoms with Gasteiger partial charge in [-0.05, 0) is 49.6 Å². The van der Waals surface area contributed by atoms with Crippen molar-refractivity contribution < 1.29 is 31.2 Å². The largest absolute Gasteiger partial charge is 0.354 e. The van der Waals surface area contributed by atoms with Crippen LogP contribution in [0.4, 0.5) is 18.9 Å². The summed E-state index contributed by atoms with van der Waals surface area (Å²) in [5.74, 6) is -3.47. The van der Waals surface area contributed by atoms with Gasteiger partial charge in [-0.2, -0.15) is 0 Å². The third-order valence-electron chi connectivity index (χ3n) is 5.61. The number of nitrogens with zero attached hydrogens (tertiary/aromatic N) is 2. The molecule has 1 N–H and O–H groups in total. The van der Waals surface area contributed by atoms with E-state index in [2.05, 4.69) is 5.32 Å². The molecule has 2 amide bonds. The van der Waals surface area contributed by atoms with Crippen LogP contribution in [-0.4, -0.2) is 50.5 Å². The van der Waals surface area contributed by atoms with Crippen LogP contribution in [0.3, 0.4) is 0 Å². The molecule has 11 heteroatoms. The molecule has 0 unspecified atom stereocenters. The highest BCUT2D eigenvalue weighted by Crippen LogP contribution is 2.21. The first-order chi connectivity index (χ1) is 16.9. The molecular formula is C25H32F3N3O4S. The van der Waals surface area contributed by atoms with Gasteiger partial charge >= 0.3 is 0 Å². The van der Waals surface area contributed by atoms with E-state index in [4.69, 9.17) is 0 Å². The minimum absolute atomic E-state index is 0.0560. The molecule has 0 saturated carbocycles. The van der Waals surface area contributed by atoms with E-state index in [-0.39, 0.29) is 37.5 Å². The third-order valence-corrected chi connectivity index (χ3v) is 6.80. The lowest BCUT2D eigenvalue weighted by atomic mass is 10.1. The van der Waals surface area contributed by atoms with Crippen molar-refractivity contribution in [2.75, 3.05) is 23.7 Å². The Morgan fingerprint density at radius 2 is 1.67 bits per heavy atom. The standard InChI is InChI=1S/C25H32F3N3O4S/c1-4-5-14-29-25(33)18(2)30(17-19-8-10-20(26)11-9-19)24(32)7-6-15-31(36(3,34)35)21-12-13-22(27)23(28)16-21/h8-13,16,18H,4-7,14-15,17H2,1-3H3,(H,29,33)/t18-/m0/s1. The molecule has 1 atom stereocenters.